The Morgan fingerprint density at radius 1 is 0.824 bits per heavy atom. The van der Waals surface area contributed by atoms with Gasteiger partial charge in [0.15, 0.2) is 0 Å². The van der Waals surface area contributed by atoms with Crippen molar-refractivity contribution in [2.45, 2.75) is 0 Å². The maximum Gasteiger partial charge on any atom is 0.488 e. The van der Waals surface area contributed by atoms with Gasteiger partial charge >= 0.3 is 7.12 Å². The molecule has 0 saturated heterocycles. The minimum atomic E-state index is -1.48. The van der Waals surface area contributed by atoms with Crippen LogP contribution in [0.1, 0.15) is 0 Å². The average Bonchev–Trinajstić information content (AvgIpc) is 2.28. The van der Waals surface area contributed by atoms with Crippen LogP contribution in [-0.2, 0) is 0 Å². The maximum absolute atomic E-state index is 9.11. The molecule has 2 aromatic carbocycles. The Labute approximate surface area is 110 Å². The van der Waals surface area contributed by atoms with E-state index in [4.69, 9.17) is 33.2 Å². The molecule has 0 spiro atoms. The van der Waals surface area contributed by atoms with E-state index in [1.807, 2.05) is 6.07 Å². The van der Waals surface area contributed by atoms with Gasteiger partial charge in [-0.15, -0.1) is 0 Å². The SMILES string of the molecule is OB(O)c1cccc(-c2cc(Cl)cc(Cl)c2)c1. The van der Waals surface area contributed by atoms with Gasteiger partial charge in [0.05, 0.1) is 0 Å². The second-order valence-electron chi connectivity index (χ2n) is 3.66. The second-order valence-corrected chi connectivity index (χ2v) is 4.53. The molecule has 0 radical (unpaired) electrons. The fourth-order valence-corrected chi connectivity index (χ4v) is 2.13. The Bertz CT molecular complexity index is 524. The van der Waals surface area contributed by atoms with Crippen LogP contribution >= 0.6 is 23.2 Å². The lowest BCUT2D eigenvalue weighted by atomic mass is 9.79. The molecule has 5 heteroatoms. The van der Waals surface area contributed by atoms with Crippen LogP contribution < -0.4 is 5.46 Å². The molecule has 0 aliphatic heterocycles. The Morgan fingerprint density at radius 2 is 1.47 bits per heavy atom. The van der Waals surface area contributed by atoms with E-state index in [2.05, 4.69) is 0 Å². The van der Waals surface area contributed by atoms with Gasteiger partial charge in [-0.2, -0.15) is 0 Å². The van der Waals surface area contributed by atoms with E-state index in [1.165, 1.54) is 0 Å². The maximum atomic E-state index is 9.11. The summed E-state index contributed by atoms with van der Waals surface area (Å²) < 4.78 is 0. The number of hydrogen-bond acceptors (Lipinski definition) is 2. The molecule has 0 aliphatic carbocycles. The van der Waals surface area contributed by atoms with Crippen molar-refractivity contribution in [1.82, 2.24) is 0 Å². The summed E-state index contributed by atoms with van der Waals surface area (Å²) >= 11 is 11.8. The van der Waals surface area contributed by atoms with Crippen molar-refractivity contribution < 1.29 is 10.0 Å². The molecule has 86 valence electrons. The Balaban J connectivity index is 2.49. The molecule has 0 unspecified atom stereocenters. The number of rotatable bonds is 2. The van der Waals surface area contributed by atoms with E-state index in [-0.39, 0.29) is 0 Å². The molecular formula is C12H9BCl2O2. The molecule has 2 rings (SSSR count). The van der Waals surface area contributed by atoms with Crippen LogP contribution in [0.4, 0.5) is 0 Å². The van der Waals surface area contributed by atoms with Crippen LogP contribution in [0, 0.1) is 0 Å². The average molecular weight is 267 g/mol. The zero-order valence-corrected chi connectivity index (χ0v) is 10.3. The van der Waals surface area contributed by atoms with E-state index < -0.39 is 7.12 Å². The topological polar surface area (TPSA) is 40.5 Å². The molecule has 0 amide bonds. The van der Waals surface area contributed by atoms with Crippen LogP contribution in [0.2, 0.25) is 10.0 Å². The van der Waals surface area contributed by atoms with Crippen molar-refractivity contribution >= 4 is 35.8 Å². The first-order chi connectivity index (χ1) is 8.06. The first kappa shape index (κ1) is 12.5. The summed E-state index contributed by atoms with van der Waals surface area (Å²) in [4.78, 5) is 0. The first-order valence-electron chi connectivity index (χ1n) is 4.99. The summed E-state index contributed by atoms with van der Waals surface area (Å²) in [5.41, 5.74) is 2.10. The highest BCUT2D eigenvalue weighted by atomic mass is 35.5. The predicted molar refractivity (Wildman–Crippen MR) is 71.7 cm³/mol. The van der Waals surface area contributed by atoms with E-state index >= 15 is 0 Å². The summed E-state index contributed by atoms with van der Waals surface area (Å²) in [6, 6.07) is 12.1. The fourth-order valence-electron chi connectivity index (χ4n) is 1.60. The standard InChI is InChI=1S/C12H9BCl2O2/c14-11-5-9(6-12(15)7-11)8-2-1-3-10(4-8)13(16)17/h1-7,16-17H. The van der Waals surface area contributed by atoms with Crippen molar-refractivity contribution in [3.05, 3.63) is 52.5 Å². The van der Waals surface area contributed by atoms with Gasteiger partial charge in [0.1, 0.15) is 0 Å². The van der Waals surface area contributed by atoms with Crippen molar-refractivity contribution in [2.75, 3.05) is 0 Å². The van der Waals surface area contributed by atoms with Crippen LogP contribution in [0.3, 0.4) is 0 Å². The molecule has 0 fully saturated rings. The first-order valence-corrected chi connectivity index (χ1v) is 5.74. The molecule has 2 N–H and O–H groups in total. The summed E-state index contributed by atoms with van der Waals surface area (Å²) in [5.74, 6) is 0. The molecule has 0 saturated carbocycles. The molecule has 2 nitrogen and oxygen atoms in total. The highest BCUT2D eigenvalue weighted by Gasteiger charge is 2.11. The molecule has 17 heavy (non-hydrogen) atoms. The molecule has 0 aliphatic rings. The van der Waals surface area contributed by atoms with Gasteiger partial charge in [0.2, 0.25) is 0 Å². The molecule has 0 heterocycles. The fraction of sp³-hybridized carbons (Fsp3) is 0. The zero-order chi connectivity index (χ0) is 12.4. The van der Waals surface area contributed by atoms with E-state index in [1.54, 1.807) is 36.4 Å². The third-order valence-electron chi connectivity index (χ3n) is 2.38. The van der Waals surface area contributed by atoms with Crippen molar-refractivity contribution in [1.29, 1.82) is 0 Å². The summed E-state index contributed by atoms with van der Waals surface area (Å²) in [6.45, 7) is 0. The van der Waals surface area contributed by atoms with Gasteiger partial charge in [0, 0.05) is 10.0 Å². The molecule has 0 atom stereocenters. The number of halogens is 2. The van der Waals surface area contributed by atoms with E-state index in [0.29, 0.717) is 15.5 Å². The van der Waals surface area contributed by atoms with Gasteiger partial charge < -0.3 is 10.0 Å². The third kappa shape index (κ3) is 3.02. The Hall–Kier alpha value is -0.995. The third-order valence-corrected chi connectivity index (χ3v) is 2.82. The molecular weight excluding hydrogens is 258 g/mol. The van der Waals surface area contributed by atoms with Gasteiger partial charge in [0.25, 0.3) is 0 Å². The van der Waals surface area contributed by atoms with Crippen molar-refractivity contribution in [3.8, 4) is 11.1 Å². The van der Waals surface area contributed by atoms with Gasteiger partial charge in [-0.25, -0.2) is 0 Å². The number of benzene rings is 2. The zero-order valence-electron chi connectivity index (χ0n) is 8.77. The van der Waals surface area contributed by atoms with Crippen molar-refractivity contribution in [2.24, 2.45) is 0 Å². The smallest absolute Gasteiger partial charge is 0.423 e. The Kier molecular flexibility index (Phi) is 3.74. The lowest BCUT2D eigenvalue weighted by Crippen LogP contribution is -2.29. The van der Waals surface area contributed by atoms with Gasteiger partial charge in [-0.05, 0) is 34.8 Å². The van der Waals surface area contributed by atoms with Crippen LogP contribution in [0.5, 0.6) is 0 Å². The van der Waals surface area contributed by atoms with E-state index in [0.717, 1.165) is 11.1 Å². The predicted octanol–water partition coefficient (Wildman–Crippen LogP) is 2.34. The Morgan fingerprint density at radius 3 is 2.06 bits per heavy atom. The molecule has 2 aromatic rings. The summed E-state index contributed by atoms with van der Waals surface area (Å²) in [5, 5.41) is 19.3. The molecule has 0 bridgehead atoms. The van der Waals surface area contributed by atoms with Gasteiger partial charge in [-0.1, -0.05) is 47.5 Å². The van der Waals surface area contributed by atoms with Crippen LogP contribution in [0.15, 0.2) is 42.5 Å². The quantitative estimate of drug-likeness (QED) is 0.820. The van der Waals surface area contributed by atoms with Crippen molar-refractivity contribution in [3.63, 3.8) is 0 Å². The highest BCUT2D eigenvalue weighted by molar-refractivity contribution is 6.58. The summed E-state index contributed by atoms with van der Waals surface area (Å²) in [7, 11) is -1.48. The number of hydrogen-bond donors (Lipinski definition) is 2. The minimum Gasteiger partial charge on any atom is -0.423 e. The van der Waals surface area contributed by atoms with Crippen LogP contribution in [-0.4, -0.2) is 17.2 Å². The second kappa shape index (κ2) is 5.11. The molecule has 0 aromatic heterocycles. The normalized spacial score (nSPS) is 10.4. The largest absolute Gasteiger partial charge is 0.488 e. The minimum absolute atomic E-state index is 0.429. The van der Waals surface area contributed by atoms with E-state index in [9.17, 15) is 0 Å². The lowest BCUT2D eigenvalue weighted by molar-refractivity contribution is 0.426. The van der Waals surface area contributed by atoms with Gasteiger partial charge in [-0.3, -0.25) is 0 Å². The lowest BCUT2D eigenvalue weighted by Gasteiger charge is -2.06. The van der Waals surface area contributed by atoms with Crippen LogP contribution in [0.25, 0.3) is 11.1 Å². The monoisotopic (exact) mass is 266 g/mol. The summed E-state index contributed by atoms with van der Waals surface area (Å²) in [6.07, 6.45) is 0. The highest BCUT2D eigenvalue weighted by Crippen LogP contribution is 2.26.